The van der Waals surface area contributed by atoms with Gasteiger partial charge in [0.1, 0.15) is 11.3 Å². The molecule has 0 fully saturated rings. The van der Waals surface area contributed by atoms with Gasteiger partial charge in [0.25, 0.3) is 0 Å². The Labute approximate surface area is 173 Å². The smallest absolute Gasteiger partial charge is 0.504 e. The highest BCUT2D eigenvalue weighted by Crippen LogP contribution is 2.33. The van der Waals surface area contributed by atoms with Crippen LogP contribution in [-0.2, 0) is 0 Å². The number of rotatable bonds is 4. The maximum Gasteiger partial charge on any atom is 0.796 e. The molecule has 0 N–H and O–H groups in total. The fourth-order valence-electron chi connectivity index (χ4n) is 2.94. The van der Waals surface area contributed by atoms with E-state index in [1.54, 1.807) is 24.3 Å². The Hall–Kier alpha value is -3.79. The van der Waals surface area contributed by atoms with E-state index in [0.717, 1.165) is 11.3 Å². The van der Waals surface area contributed by atoms with Crippen molar-refractivity contribution < 1.29 is 17.7 Å². The molecule has 1 heterocycles. The lowest BCUT2D eigenvalue weighted by Gasteiger charge is -2.11. The number of fused-ring (bicyclic) bond motifs is 1. The summed E-state index contributed by atoms with van der Waals surface area (Å²) in [6.07, 6.45) is 0. The highest BCUT2D eigenvalue weighted by molar-refractivity contribution is 6.35. The van der Waals surface area contributed by atoms with Crippen molar-refractivity contribution in [2.75, 3.05) is 19.0 Å². The Balaban J connectivity index is 1.68. The summed E-state index contributed by atoms with van der Waals surface area (Å²) >= 11 is 0. The van der Waals surface area contributed by atoms with Crippen LogP contribution < -0.4 is 9.55 Å². The van der Waals surface area contributed by atoms with Gasteiger partial charge in [-0.1, -0.05) is 24.0 Å². The standard InChI is InChI=1S/C23H17BF2N2O2/c1-28(2)18-12-9-16(10-13-18)7-8-17-11-14-19(22(15-17)30-24(25)26)23-27-20-5-3-4-6-21(20)29-23/h3-6,9-15H,1-2H3. The summed E-state index contributed by atoms with van der Waals surface area (Å²) in [5.41, 5.74) is 3.98. The van der Waals surface area contributed by atoms with E-state index in [0.29, 0.717) is 22.2 Å². The summed E-state index contributed by atoms with van der Waals surface area (Å²) in [4.78, 5) is 6.36. The Kier molecular flexibility index (Phi) is 5.40. The van der Waals surface area contributed by atoms with E-state index in [1.807, 2.05) is 55.4 Å². The molecule has 1 aromatic heterocycles. The number of aromatic nitrogens is 1. The monoisotopic (exact) mass is 402 g/mol. The summed E-state index contributed by atoms with van der Waals surface area (Å²) in [6, 6.07) is 19.8. The van der Waals surface area contributed by atoms with Gasteiger partial charge in [-0.15, -0.1) is 0 Å². The van der Waals surface area contributed by atoms with Gasteiger partial charge in [-0.3, -0.25) is 0 Å². The zero-order chi connectivity index (χ0) is 21.1. The first-order valence-corrected chi connectivity index (χ1v) is 9.24. The van der Waals surface area contributed by atoms with Crippen molar-refractivity contribution in [1.82, 2.24) is 4.98 Å². The van der Waals surface area contributed by atoms with Gasteiger partial charge in [0.05, 0.1) is 5.56 Å². The number of hydrogen-bond donors (Lipinski definition) is 0. The molecule has 4 aromatic rings. The van der Waals surface area contributed by atoms with E-state index >= 15 is 0 Å². The minimum atomic E-state index is -2.98. The van der Waals surface area contributed by atoms with Crippen LogP contribution in [0, 0.1) is 11.8 Å². The zero-order valence-electron chi connectivity index (χ0n) is 16.4. The lowest BCUT2D eigenvalue weighted by Crippen LogP contribution is -2.09. The van der Waals surface area contributed by atoms with Crippen molar-refractivity contribution in [3.8, 4) is 29.0 Å². The fraction of sp³-hybridized carbons (Fsp3) is 0.0870. The Morgan fingerprint density at radius 2 is 1.63 bits per heavy atom. The predicted octanol–water partition coefficient (Wildman–Crippen LogP) is 5.26. The summed E-state index contributed by atoms with van der Waals surface area (Å²) in [7, 11) is 0.947. The molecular weight excluding hydrogens is 385 g/mol. The van der Waals surface area contributed by atoms with Crippen LogP contribution in [0.5, 0.6) is 5.75 Å². The lowest BCUT2D eigenvalue weighted by atomic mass is 10.1. The van der Waals surface area contributed by atoms with E-state index in [1.165, 1.54) is 6.07 Å². The SMILES string of the molecule is CN(C)c1ccc(C#Cc2ccc(-c3nc4ccccc4o3)c(OB(F)F)c2)cc1. The maximum atomic E-state index is 13.0. The van der Waals surface area contributed by atoms with E-state index in [2.05, 4.69) is 16.8 Å². The summed E-state index contributed by atoms with van der Waals surface area (Å²) in [5, 5.41) is 0. The quantitative estimate of drug-likeness (QED) is 0.345. The molecule has 0 aliphatic heterocycles. The third-order valence-corrected chi connectivity index (χ3v) is 4.46. The van der Waals surface area contributed by atoms with Crippen LogP contribution in [0.3, 0.4) is 0 Å². The third kappa shape index (κ3) is 4.28. The number of hydrogen-bond acceptors (Lipinski definition) is 4. The van der Waals surface area contributed by atoms with Gasteiger partial charge in [0, 0.05) is 30.9 Å². The molecule has 0 amide bonds. The molecule has 0 spiro atoms. The van der Waals surface area contributed by atoms with E-state index in [9.17, 15) is 8.63 Å². The molecule has 148 valence electrons. The number of para-hydroxylation sites is 2. The van der Waals surface area contributed by atoms with Crippen LogP contribution in [0.25, 0.3) is 22.6 Å². The number of nitrogens with zero attached hydrogens (tertiary/aromatic N) is 2. The summed E-state index contributed by atoms with van der Waals surface area (Å²) in [6.45, 7) is 0. The Morgan fingerprint density at radius 3 is 2.33 bits per heavy atom. The second kappa shape index (κ2) is 8.30. The first kappa shape index (κ1) is 19.5. The van der Waals surface area contributed by atoms with Crippen molar-refractivity contribution in [1.29, 1.82) is 0 Å². The highest BCUT2D eigenvalue weighted by Gasteiger charge is 2.22. The zero-order valence-corrected chi connectivity index (χ0v) is 16.4. The van der Waals surface area contributed by atoms with Crippen LogP contribution in [0.1, 0.15) is 11.1 Å². The van der Waals surface area contributed by atoms with E-state index in [4.69, 9.17) is 9.07 Å². The van der Waals surface area contributed by atoms with Crippen LogP contribution in [0.2, 0.25) is 0 Å². The lowest BCUT2D eigenvalue weighted by molar-refractivity contribution is 0.426. The molecule has 30 heavy (non-hydrogen) atoms. The predicted molar refractivity (Wildman–Crippen MR) is 115 cm³/mol. The average molecular weight is 402 g/mol. The third-order valence-electron chi connectivity index (χ3n) is 4.46. The van der Waals surface area contributed by atoms with Crippen molar-refractivity contribution in [3.05, 3.63) is 77.9 Å². The molecule has 0 bridgehead atoms. The van der Waals surface area contributed by atoms with E-state index in [-0.39, 0.29) is 11.6 Å². The topological polar surface area (TPSA) is 38.5 Å². The molecule has 0 saturated carbocycles. The largest absolute Gasteiger partial charge is 0.796 e. The van der Waals surface area contributed by atoms with E-state index < -0.39 is 7.47 Å². The summed E-state index contributed by atoms with van der Waals surface area (Å²) < 4.78 is 36.4. The van der Waals surface area contributed by atoms with Crippen molar-refractivity contribution in [3.63, 3.8) is 0 Å². The average Bonchev–Trinajstić information content (AvgIpc) is 3.16. The molecule has 4 rings (SSSR count). The molecule has 0 saturated heterocycles. The van der Waals surface area contributed by atoms with Gasteiger partial charge in [-0.25, -0.2) is 13.6 Å². The normalized spacial score (nSPS) is 10.4. The minimum absolute atomic E-state index is 0.0358. The molecule has 4 nitrogen and oxygen atoms in total. The van der Waals surface area contributed by atoms with Gasteiger partial charge in [0.2, 0.25) is 5.89 Å². The van der Waals surface area contributed by atoms with Crippen LogP contribution in [0.15, 0.2) is 71.1 Å². The fourth-order valence-corrected chi connectivity index (χ4v) is 2.94. The second-order valence-electron chi connectivity index (χ2n) is 6.77. The number of oxazole rings is 1. The van der Waals surface area contributed by atoms with Gasteiger partial charge in [-0.05, 0) is 54.6 Å². The van der Waals surface area contributed by atoms with Crippen LogP contribution in [-0.4, -0.2) is 26.5 Å². The first-order chi connectivity index (χ1) is 14.5. The molecule has 0 radical (unpaired) electrons. The highest BCUT2D eigenvalue weighted by atomic mass is 19.2. The van der Waals surface area contributed by atoms with Crippen molar-refractivity contribution >= 4 is 24.3 Å². The van der Waals surface area contributed by atoms with Gasteiger partial charge in [-0.2, -0.15) is 0 Å². The Morgan fingerprint density at radius 1 is 0.933 bits per heavy atom. The van der Waals surface area contributed by atoms with Gasteiger partial charge < -0.3 is 14.0 Å². The van der Waals surface area contributed by atoms with Gasteiger partial charge >= 0.3 is 7.47 Å². The summed E-state index contributed by atoms with van der Waals surface area (Å²) in [5.74, 6) is 6.20. The number of benzene rings is 3. The molecule has 0 unspecified atom stereocenters. The molecule has 0 atom stereocenters. The van der Waals surface area contributed by atoms with Crippen molar-refractivity contribution in [2.45, 2.75) is 0 Å². The molecule has 3 aromatic carbocycles. The maximum absolute atomic E-state index is 13.0. The van der Waals surface area contributed by atoms with Crippen LogP contribution in [0.4, 0.5) is 14.3 Å². The molecule has 0 aliphatic rings. The molecule has 0 aliphatic carbocycles. The Bertz CT molecular complexity index is 1210. The second-order valence-corrected chi connectivity index (χ2v) is 6.77. The first-order valence-electron chi connectivity index (χ1n) is 9.24. The number of anilines is 1. The molecule has 7 heteroatoms. The van der Waals surface area contributed by atoms with Crippen LogP contribution >= 0.6 is 0 Å². The number of halogens is 2. The minimum Gasteiger partial charge on any atom is -0.504 e. The van der Waals surface area contributed by atoms with Crippen molar-refractivity contribution in [2.24, 2.45) is 0 Å². The van der Waals surface area contributed by atoms with Gasteiger partial charge in [0.15, 0.2) is 5.58 Å². The molecular formula is C23H17BF2N2O2.